The first-order chi connectivity index (χ1) is 9.00. The van der Waals surface area contributed by atoms with Gasteiger partial charge in [0, 0.05) is 38.3 Å². The molecule has 0 aromatic carbocycles. The summed E-state index contributed by atoms with van der Waals surface area (Å²) in [5.41, 5.74) is 1.30. The van der Waals surface area contributed by atoms with Crippen LogP contribution in [0.25, 0.3) is 0 Å². The lowest BCUT2D eigenvalue weighted by molar-refractivity contribution is -0.0605. The number of carbonyl (C=O) groups is 1. The zero-order valence-electron chi connectivity index (χ0n) is 11.4. The highest BCUT2D eigenvalue weighted by molar-refractivity contribution is 5.95. The Bertz CT molecular complexity index is 468. The number of nitrogens with zero attached hydrogens (tertiary/aromatic N) is 1. The summed E-state index contributed by atoms with van der Waals surface area (Å²) in [7, 11) is 0. The summed E-state index contributed by atoms with van der Waals surface area (Å²) in [4.78, 5) is 16.3. The summed E-state index contributed by atoms with van der Waals surface area (Å²) in [6.45, 7) is 5.03. The minimum atomic E-state index is -0.847. The maximum absolute atomic E-state index is 12.1. The van der Waals surface area contributed by atoms with E-state index < -0.39 is 5.60 Å². The number of aryl methyl sites for hydroxylation is 2. The molecule has 1 fully saturated rings. The number of hydrogen-bond donors (Lipinski definition) is 2. The predicted octanol–water partition coefficient (Wildman–Crippen LogP) is 0.970. The molecule has 19 heavy (non-hydrogen) atoms. The highest BCUT2D eigenvalue weighted by Gasteiger charge is 2.30. The molecule has 1 amide bonds. The molecule has 1 aliphatic rings. The van der Waals surface area contributed by atoms with Crippen molar-refractivity contribution < 1.29 is 14.6 Å². The summed E-state index contributed by atoms with van der Waals surface area (Å²) in [6, 6.07) is 3.58. The van der Waals surface area contributed by atoms with Gasteiger partial charge in [0.05, 0.1) is 16.9 Å². The molecule has 5 heteroatoms. The fourth-order valence-electron chi connectivity index (χ4n) is 2.19. The SMILES string of the molecule is Cc1ccc(C(=O)NCC2(O)CCOCC2)c(C)n1. The number of ether oxygens (including phenoxy) is 1. The van der Waals surface area contributed by atoms with Crippen LogP contribution >= 0.6 is 0 Å². The molecule has 2 rings (SSSR count). The fraction of sp³-hybridized carbons (Fsp3) is 0.571. The molecule has 0 atom stereocenters. The van der Waals surface area contributed by atoms with Gasteiger partial charge in [0.25, 0.3) is 5.91 Å². The molecule has 0 saturated carbocycles. The van der Waals surface area contributed by atoms with E-state index in [0.29, 0.717) is 37.3 Å². The third-order valence-corrected chi connectivity index (χ3v) is 3.47. The van der Waals surface area contributed by atoms with Gasteiger partial charge in [-0.2, -0.15) is 0 Å². The van der Waals surface area contributed by atoms with Crippen LogP contribution in [0.15, 0.2) is 12.1 Å². The maximum Gasteiger partial charge on any atom is 0.253 e. The molecule has 1 aliphatic heterocycles. The van der Waals surface area contributed by atoms with Gasteiger partial charge in [-0.3, -0.25) is 9.78 Å². The summed E-state index contributed by atoms with van der Waals surface area (Å²) >= 11 is 0. The molecule has 2 heterocycles. The Labute approximate surface area is 113 Å². The molecule has 104 valence electrons. The smallest absolute Gasteiger partial charge is 0.253 e. The van der Waals surface area contributed by atoms with E-state index in [9.17, 15) is 9.90 Å². The summed E-state index contributed by atoms with van der Waals surface area (Å²) in [5.74, 6) is -0.190. The van der Waals surface area contributed by atoms with Gasteiger partial charge in [0.1, 0.15) is 0 Å². The maximum atomic E-state index is 12.1. The topological polar surface area (TPSA) is 71.5 Å². The van der Waals surface area contributed by atoms with Gasteiger partial charge in [-0.05, 0) is 26.0 Å². The number of nitrogens with one attached hydrogen (secondary N) is 1. The van der Waals surface area contributed by atoms with Crippen LogP contribution in [0.5, 0.6) is 0 Å². The van der Waals surface area contributed by atoms with E-state index in [-0.39, 0.29) is 12.5 Å². The second-order valence-electron chi connectivity index (χ2n) is 5.10. The Morgan fingerprint density at radius 3 is 2.74 bits per heavy atom. The van der Waals surface area contributed by atoms with Gasteiger partial charge < -0.3 is 15.2 Å². The number of aliphatic hydroxyl groups is 1. The van der Waals surface area contributed by atoms with E-state index in [2.05, 4.69) is 10.3 Å². The minimum absolute atomic E-state index is 0.190. The normalized spacial score (nSPS) is 18.1. The van der Waals surface area contributed by atoms with Crippen molar-refractivity contribution >= 4 is 5.91 Å². The van der Waals surface area contributed by atoms with E-state index >= 15 is 0 Å². The lowest BCUT2D eigenvalue weighted by Gasteiger charge is -2.32. The monoisotopic (exact) mass is 264 g/mol. The van der Waals surface area contributed by atoms with Crippen LogP contribution in [0.2, 0.25) is 0 Å². The van der Waals surface area contributed by atoms with E-state index in [1.807, 2.05) is 19.9 Å². The first kappa shape index (κ1) is 14.0. The second-order valence-corrected chi connectivity index (χ2v) is 5.10. The van der Waals surface area contributed by atoms with Gasteiger partial charge in [0.15, 0.2) is 0 Å². The summed E-state index contributed by atoms with van der Waals surface area (Å²) in [5, 5.41) is 13.1. The number of aromatic nitrogens is 1. The quantitative estimate of drug-likeness (QED) is 0.853. The minimum Gasteiger partial charge on any atom is -0.388 e. The molecular formula is C14H20N2O3. The van der Waals surface area contributed by atoms with Crippen LogP contribution in [0.1, 0.15) is 34.6 Å². The van der Waals surface area contributed by atoms with E-state index in [4.69, 9.17) is 4.74 Å². The molecule has 1 saturated heterocycles. The standard InChI is InChI=1S/C14H20N2O3/c1-10-3-4-12(11(2)16-10)13(17)15-9-14(18)5-7-19-8-6-14/h3-4,18H,5-9H2,1-2H3,(H,15,17). The lowest BCUT2D eigenvalue weighted by Crippen LogP contribution is -2.46. The first-order valence-corrected chi connectivity index (χ1v) is 6.53. The van der Waals surface area contributed by atoms with Crippen molar-refractivity contribution in [2.75, 3.05) is 19.8 Å². The van der Waals surface area contributed by atoms with Crippen LogP contribution in [0, 0.1) is 13.8 Å². The van der Waals surface area contributed by atoms with E-state index in [1.165, 1.54) is 0 Å². The Hall–Kier alpha value is -1.46. The summed E-state index contributed by atoms with van der Waals surface area (Å²) in [6.07, 6.45) is 1.11. The molecule has 0 radical (unpaired) electrons. The molecule has 2 N–H and O–H groups in total. The van der Waals surface area contributed by atoms with Gasteiger partial charge in [-0.1, -0.05) is 0 Å². The molecule has 5 nitrogen and oxygen atoms in total. The zero-order valence-corrected chi connectivity index (χ0v) is 11.4. The third kappa shape index (κ3) is 3.52. The van der Waals surface area contributed by atoms with Crippen molar-refractivity contribution in [1.29, 1.82) is 0 Å². The molecule has 0 aliphatic carbocycles. The van der Waals surface area contributed by atoms with Crippen molar-refractivity contribution in [3.8, 4) is 0 Å². The van der Waals surface area contributed by atoms with Crippen LogP contribution in [-0.4, -0.2) is 41.4 Å². The average Bonchev–Trinajstić information content (AvgIpc) is 2.37. The number of carbonyl (C=O) groups excluding carboxylic acids is 1. The zero-order chi connectivity index (χ0) is 13.9. The van der Waals surface area contributed by atoms with Gasteiger partial charge in [-0.15, -0.1) is 0 Å². The average molecular weight is 264 g/mol. The highest BCUT2D eigenvalue weighted by atomic mass is 16.5. The molecule has 0 bridgehead atoms. The first-order valence-electron chi connectivity index (χ1n) is 6.53. The van der Waals surface area contributed by atoms with Crippen LogP contribution in [0.3, 0.4) is 0 Å². The summed E-state index contributed by atoms with van der Waals surface area (Å²) < 4.78 is 5.21. The van der Waals surface area contributed by atoms with Gasteiger partial charge in [-0.25, -0.2) is 0 Å². The molecular weight excluding hydrogens is 244 g/mol. The Balaban J connectivity index is 1.97. The second kappa shape index (κ2) is 5.67. The number of hydrogen-bond acceptors (Lipinski definition) is 4. The number of rotatable bonds is 3. The van der Waals surface area contributed by atoms with Gasteiger partial charge >= 0.3 is 0 Å². The molecule has 0 spiro atoms. The number of amides is 1. The highest BCUT2D eigenvalue weighted by Crippen LogP contribution is 2.19. The van der Waals surface area contributed by atoms with Gasteiger partial charge in [0.2, 0.25) is 0 Å². The van der Waals surface area contributed by atoms with Crippen LogP contribution in [-0.2, 0) is 4.74 Å². The lowest BCUT2D eigenvalue weighted by atomic mass is 9.94. The van der Waals surface area contributed by atoms with Crippen LogP contribution in [0.4, 0.5) is 0 Å². The molecule has 1 aromatic rings. The van der Waals surface area contributed by atoms with Crippen molar-refractivity contribution in [3.63, 3.8) is 0 Å². The van der Waals surface area contributed by atoms with Crippen molar-refractivity contribution in [2.24, 2.45) is 0 Å². The Morgan fingerprint density at radius 2 is 2.11 bits per heavy atom. The third-order valence-electron chi connectivity index (χ3n) is 3.47. The predicted molar refractivity (Wildman–Crippen MR) is 71.0 cm³/mol. The van der Waals surface area contributed by atoms with Crippen molar-refractivity contribution in [3.05, 3.63) is 29.1 Å². The Kier molecular flexibility index (Phi) is 4.17. The molecule has 0 unspecified atom stereocenters. The van der Waals surface area contributed by atoms with Crippen molar-refractivity contribution in [2.45, 2.75) is 32.3 Å². The van der Waals surface area contributed by atoms with E-state index in [0.717, 1.165) is 5.69 Å². The Morgan fingerprint density at radius 1 is 1.42 bits per heavy atom. The molecule has 1 aromatic heterocycles. The van der Waals surface area contributed by atoms with E-state index in [1.54, 1.807) is 6.07 Å². The largest absolute Gasteiger partial charge is 0.388 e. The fourth-order valence-corrected chi connectivity index (χ4v) is 2.19. The number of pyridine rings is 1. The van der Waals surface area contributed by atoms with Crippen molar-refractivity contribution in [1.82, 2.24) is 10.3 Å². The van der Waals surface area contributed by atoms with Crippen LogP contribution < -0.4 is 5.32 Å².